The molecule has 0 saturated carbocycles. The average molecular weight is 392 g/mol. The zero-order valence-electron chi connectivity index (χ0n) is 16.0. The minimum absolute atomic E-state index is 0.513. The SMILES string of the molecule is COC(OC(C)=O)C(OC(C)=O)C(OC(C)=O)C(COC(C)=O)OC(C)=O. The molecule has 0 bridgehead atoms. The predicted octanol–water partition coefficient (Wildman–Crippen LogP) is -0.120. The molecule has 0 aromatic rings. The van der Waals surface area contributed by atoms with Gasteiger partial charge in [-0.2, -0.15) is 0 Å². The van der Waals surface area contributed by atoms with Gasteiger partial charge in [0, 0.05) is 41.7 Å². The van der Waals surface area contributed by atoms with E-state index in [-0.39, 0.29) is 0 Å². The highest BCUT2D eigenvalue weighted by Gasteiger charge is 2.44. The topological polar surface area (TPSA) is 141 Å². The Morgan fingerprint density at radius 1 is 0.630 bits per heavy atom. The lowest BCUT2D eigenvalue weighted by atomic mass is 10.1. The third-order valence-electron chi connectivity index (χ3n) is 2.85. The summed E-state index contributed by atoms with van der Waals surface area (Å²) in [7, 11) is 1.15. The van der Waals surface area contributed by atoms with Crippen LogP contribution in [0.15, 0.2) is 0 Å². The number of ether oxygens (including phenoxy) is 6. The van der Waals surface area contributed by atoms with E-state index in [1.165, 1.54) is 0 Å². The van der Waals surface area contributed by atoms with E-state index in [0.717, 1.165) is 41.7 Å². The molecule has 154 valence electrons. The van der Waals surface area contributed by atoms with Crippen LogP contribution in [-0.2, 0) is 52.4 Å². The van der Waals surface area contributed by atoms with Gasteiger partial charge in [0.1, 0.15) is 6.61 Å². The van der Waals surface area contributed by atoms with Crippen molar-refractivity contribution in [2.24, 2.45) is 0 Å². The summed E-state index contributed by atoms with van der Waals surface area (Å²) in [4.78, 5) is 56.9. The summed E-state index contributed by atoms with van der Waals surface area (Å²) < 4.78 is 30.0. The lowest BCUT2D eigenvalue weighted by Crippen LogP contribution is -2.53. The maximum atomic E-state index is 11.5. The van der Waals surface area contributed by atoms with Crippen molar-refractivity contribution in [2.45, 2.75) is 59.2 Å². The van der Waals surface area contributed by atoms with E-state index in [4.69, 9.17) is 28.4 Å². The van der Waals surface area contributed by atoms with Gasteiger partial charge in [-0.15, -0.1) is 0 Å². The molecule has 0 aromatic heterocycles. The smallest absolute Gasteiger partial charge is 0.305 e. The molecule has 4 unspecified atom stereocenters. The molecule has 0 rings (SSSR count). The standard InChI is InChI=1S/C16H24O11/c1-8(17)23-7-13(24-9(2)18)14(25-10(3)19)15(26-11(4)20)16(22-6)27-12(5)21/h13-16H,7H2,1-6H3. The van der Waals surface area contributed by atoms with Gasteiger partial charge in [-0.25, -0.2) is 0 Å². The molecule has 4 atom stereocenters. The Hall–Kier alpha value is -2.69. The maximum absolute atomic E-state index is 11.5. The highest BCUT2D eigenvalue weighted by atomic mass is 16.7. The first-order valence-electron chi connectivity index (χ1n) is 7.82. The third-order valence-corrected chi connectivity index (χ3v) is 2.85. The molecule has 11 heteroatoms. The van der Waals surface area contributed by atoms with Crippen LogP contribution in [0.25, 0.3) is 0 Å². The molecule has 0 aromatic carbocycles. The first-order valence-corrected chi connectivity index (χ1v) is 7.82. The molecule has 0 radical (unpaired) electrons. The summed E-state index contributed by atoms with van der Waals surface area (Å²) in [6, 6.07) is 0. The van der Waals surface area contributed by atoms with Gasteiger partial charge in [0.05, 0.1) is 0 Å². The quantitative estimate of drug-likeness (QED) is 0.279. The van der Waals surface area contributed by atoms with Gasteiger partial charge in [-0.3, -0.25) is 24.0 Å². The number of carbonyl (C=O) groups is 5. The van der Waals surface area contributed by atoms with Crippen molar-refractivity contribution in [2.75, 3.05) is 13.7 Å². The van der Waals surface area contributed by atoms with Crippen molar-refractivity contribution in [3.8, 4) is 0 Å². The molecular weight excluding hydrogens is 368 g/mol. The van der Waals surface area contributed by atoms with Crippen LogP contribution in [0.2, 0.25) is 0 Å². The molecule has 0 N–H and O–H groups in total. The summed E-state index contributed by atoms with van der Waals surface area (Å²) in [5, 5.41) is 0. The van der Waals surface area contributed by atoms with Crippen LogP contribution >= 0.6 is 0 Å². The molecule has 0 fully saturated rings. The highest BCUT2D eigenvalue weighted by molar-refractivity contribution is 5.69. The maximum Gasteiger partial charge on any atom is 0.305 e. The molecule has 0 spiro atoms. The number of carbonyl (C=O) groups excluding carboxylic acids is 5. The Bertz CT molecular complexity index is 557. The second-order valence-electron chi connectivity index (χ2n) is 5.31. The minimum Gasteiger partial charge on any atom is -0.462 e. The molecule has 0 heterocycles. The largest absolute Gasteiger partial charge is 0.462 e. The summed E-state index contributed by atoms with van der Waals surface area (Å²) in [5.41, 5.74) is 0. The van der Waals surface area contributed by atoms with E-state index < -0.39 is 61.1 Å². The molecule has 11 nitrogen and oxygen atoms in total. The van der Waals surface area contributed by atoms with Crippen molar-refractivity contribution < 1.29 is 52.4 Å². The molecule has 0 aliphatic carbocycles. The molecule has 0 saturated heterocycles. The van der Waals surface area contributed by atoms with Crippen molar-refractivity contribution >= 4 is 29.8 Å². The number of hydrogen-bond donors (Lipinski definition) is 0. The zero-order valence-corrected chi connectivity index (χ0v) is 16.0. The Balaban J connectivity index is 5.96. The van der Waals surface area contributed by atoms with Crippen molar-refractivity contribution in [1.29, 1.82) is 0 Å². The minimum atomic E-state index is -1.51. The average Bonchev–Trinajstić information content (AvgIpc) is 2.51. The van der Waals surface area contributed by atoms with Crippen LogP contribution in [-0.4, -0.2) is 68.2 Å². The molecule has 27 heavy (non-hydrogen) atoms. The van der Waals surface area contributed by atoms with Gasteiger partial charge < -0.3 is 28.4 Å². The fourth-order valence-corrected chi connectivity index (χ4v) is 2.04. The van der Waals surface area contributed by atoms with E-state index in [0.29, 0.717) is 0 Å². The van der Waals surface area contributed by atoms with Gasteiger partial charge in [-0.05, 0) is 0 Å². The van der Waals surface area contributed by atoms with E-state index in [2.05, 4.69) is 0 Å². The second-order valence-corrected chi connectivity index (χ2v) is 5.31. The van der Waals surface area contributed by atoms with E-state index >= 15 is 0 Å². The normalized spacial score (nSPS) is 14.7. The van der Waals surface area contributed by atoms with Crippen LogP contribution < -0.4 is 0 Å². The van der Waals surface area contributed by atoms with Crippen LogP contribution in [0.3, 0.4) is 0 Å². The number of esters is 5. The van der Waals surface area contributed by atoms with E-state index in [9.17, 15) is 24.0 Å². The summed E-state index contributed by atoms with van der Waals surface area (Å²) in [5.74, 6) is -3.90. The second kappa shape index (κ2) is 11.8. The van der Waals surface area contributed by atoms with Crippen LogP contribution in [0.5, 0.6) is 0 Å². The fraction of sp³-hybridized carbons (Fsp3) is 0.688. The summed E-state index contributed by atoms with van der Waals surface area (Å²) in [6.45, 7) is 4.88. The van der Waals surface area contributed by atoms with E-state index in [1.807, 2.05) is 0 Å². The lowest BCUT2D eigenvalue weighted by Gasteiger charge is -2.34. The molecule has 0 amide bonds. The van der Waals surface area contributed by atoms with Crippen LogP contribution in [0.4, 0.5) is 0 Å². The predicted molar refractivity (Wildman–Crippen MR) is 85.9 cm³/mol. The van der Waals surface area contributed by atoms with Gasteiger partial charge >= 0.3 is 29.8 Å². The summed E-state index contributed by atoms with van der Waals surface area (Å²) >= 11 is 0. The third kappa shape index (κ3) is 10.1. The monoisotopic (exact) mass is 392 g/mol. The van der Waals surface area contributed by atoms with Crippen LogP contribution in [0, 0.1) is 0 Å². The molecule has 0 aliphatic heterocycles. The number of hydrogen-bond acceptors (Lipinski definition) is 11. The van der Waals surface area contributed by atoms with Crippen molar-refractivity contribution in [3.63, 3.8) is 0 Å². The van der Waals surface area contributed by atoms with Gasteiger partial charge in [0.25, 0.3) is 0 Å². The lowest BCUT2D eigenvalue weighted by molar-refractivity contribution is -0.235. The van der Waals surface area contributed by atoms with Gasteiger partial charge in [0.15, 0.2) is 12.2 Å². The van der Waals surface area contributed by atoms with Gasteiger partial charge in [-0.1, -0.05) is 0 Å². The first kappa shape index (κ1) is 24.3. The number of rotatable bonds is 10. The van der Waals surface area contributed by atoms with Crippen LogP contribution in [0.1, 0.15) is 34.6 Å². The Morgan fingerprint density at radius 3 is 1.44 bits per heavy atom. The highest BCUT2D eigenvalue weighted by Crippen LogP contribution is 2.20. The first-order chi connectivity index (χ1) is 12.5. The fourth-order valence-electron chi connectivity index (χ4n) is 2.04. The van der Waals surface area contributed by atoms with Crippen molar-refractivity contribution in [1.82, 2.24) is 0 Å². The zero-order chi connectivity index (χ0) is 21.1. The Kier molecular flexibility index (Phi) is 10.7. The molecule has 0 aliphatic rings. The Labute approximate surface area is 156 Å². The number of methoxy groups -OCH3 is 1. The van der Waals surface area contributed by atoms with E-state index in [1.54, 1.807) is 0 Å². The molecular formula is C16H24O11. The Morgan fingerprint density at radius 2 is 1.07 bits per heavy atom. The van der Waals surface area contributed by atoms with Crippen molar-refractivity contribution in [3.05, 3.63) is 0 Å². The summed E-state index contributed by atoms with van der Waals surface area (Å²) in [6.07, 6.45) is -5.88. The van der Waals surface area contributed by atoms with Gasteiger partial charge in [0.2, 0.25) is 12.4 Å².